The fourth-order valence-corrected chi connectivity index (χ4v) is 3.40. The Bertz CT molecular complexity index is 1220. The van der Waals surface area contributed by atoms with Gasteiger partial charge in [-0.1, -0.05) is 42.5 Å². The molecule has 0 saturated carbocycles. The number of carbonyl (C=O) groups is 1. The Morgan fingerprint density at radius 1 is 1.03 bits per heavy atom. The van der Waals surface area contributed by atoms with Crippen LogP contribution in [0.15, 0.2) is 65.6 Å². The molecule has 1 N–H and O–H groups in total. The van der Waals surface area contributed by atoms with Gasteiger partial charge in [0.1, 0.15) is 0 Å². The first-order valence-electron chi connectivity index (χ1n) is 8.71. The number of alkyl halides is 3. The number of anilines is 1. The zero-order chi connectivity index (χ0) is 21.3. The zero-order valence-corrected chi connectivity index (χ0v) is 16.3. The van der Waals surface area contributed by atoms with E-state index in [1.807, 2.05) is 18.4 Å². The zero-order valence-electron chi connectivity index (χ0n) is 15.5. The Morgan fingerprint density at radius 3 is 2.43 bits per heavy atom. The first-order valence-corrected chi connectivity index (χ1v) is 9.94. The smallest absolute Gasteiger partial charge is 0.318 e. The third-order valence-corrected chi connectivity index (χ3v) is 5.03. The van der Waals surface area contributed by atoms with Crippen LogP contribution in [0.25, 0.3) is 17.0 Å². The van der Waals surface area contributed by atoms with Gasteiger partial charge in [0.2, 0.25) is 5.82 Å². The number of hydrogen-bond donors (Lipinski definition) is 1. The van der Waals surface area contributed by atoms with Crippen molar-refractivity contribution in [3.05, 3.63) is 72.2 Å². The number of hydrogen-bond acceptors (Lipinski definition) is 5. The second-order valence-electron chi connectivity index (χ2n) is 6.19. The number of carbonyl (C=O) groups excluding carboxylic acids is 1. The summed E-state index contributed by atoms with van der Waals surface area (Å²) in [6.45, 7) is 0. The van der Waals surface area contributed by atoms with E-state index in [1.54, 1.807) is 42.5 Å². The standard InChI is InChI=1S/C20H14F3N5OS/c1-30-15-10-6-5-9-13(15)24-18(29)17-26-19-25-14(12-7-3-2-4-8-12)11-16(20(21,22)23)28(19)27-17/h2-11H,1H3,(H,24,29). The summed E-state index contributed by atoms with van der Waals surface area (Å²) in [6.07, 6.45) is -2.86. The van der Waals surface area contributed by atoms with Crippen LogP contribution in [-0.2, 0) is 6.18 Å². The molecule has 2 heterocycles. The summed E-state index contributed by atoms with van der Waals surface area (Å²) in [5.74, 6) is -1.45. The fraction of sp³-hybridized carbons (Fsp3) is 0.100. The van der Waals surface area contributed by atoms with Crippen molar-refractivity contribution < 1.29 is 18.0 Å². The maximum atomic E-state index is 13.6. The molecule has 0 radical (unpaired) electrons. The molecule has 0 aliphatic heterocycles. The topological polar surface area (TPSA) is 72.2 Å². The Morgan fingerprint density at radius 2 is 1.73 bits per heavy atom. The molecular weight excluding hydrogens is 415 g/mol. The van der Waals surface area contributed by atoms with Crippen molar-refractivity contribution in [2.75, 3.05) is 11.6 Å². The lowest BCUT2D eigenvalue weighted by atomic mass is 10.1. The van der Waals surface area contributed by atoms with Crippen molar-refractivity contribution >= 4 is 29.1 Å². The fourth-order valence-electron chi connectivity index (χ4n) is 2.85. The molecule has 4 aromatic rings. The molecule has 30 heavy (non-hydrogen) atoms. The number of aromatic nitrogens is 4. The van der Waals surface area contributed by atoms with Crippen LogP contribution >= 0.6 is 11.8 Å². The second kappa shape index (κ2) is 7.79. The van der Waals surface area contributed by atoms with Crippen molar-refractivity contribution in [2.45, 2.75) is 11.1 Å². The van der Waals surface area contributed by atoms with Gasteiger partial charge in [-0.2, -0.15) is 22.7 Å². The van der Waals surface area contributed by atoms with Gasteiger partial charge in [0.15, 0.2) is 5.69 Å². The highest BCUT2D eigenvalue weighted by molar-refractivity contribution is 7.98. The monoisotopic (exact) mass is 429 g/mol. The van der Waals surface area contributed by atoms with E-state index in [1.165, 1.54) is 11.8 Å². The molecule has 152 valence electrons. The first-order chi connectivity index (χ1) is 14.4. The van der Waals surface area contributed by atoms with Crippen LogP contribution in [0.4, 0.5) is 18.9 Å². The largest absolute Gasteiger partial charge is 0.433 e. The maximum absolute atomic E-state index is 13.6. The lowest BCUT2D eigenvalue weighted by Crippen LogP contribution is -2.16. The van der Waals surface area contributed by atoms with Crippen LogP contribution in [0.1, 0.15) is 16.3 Å². The molecule has 4 rings (SSSR count). The van der Waals surface area contributed by atoms with Gasteiger partial charge in [-0.25, -0.2) is 4.98 Å². The summed E-state index contributed by atoms with van der Waals surface area (Å²) in [6, 6.07) is 16.4. The molecule has 0 fully saturated rings. The molecular formula is C20H14F3N5OS. The molecule has 1 amide bonds. The minimum absolute atomic E-state index is 0.0857. The number of rotatable bonds is 4. The average Bonchev–Trinajstić information content (AvgIpc) is 3.17. The molecule has 0 saturated heterocycles. The van der Waals surface area contributed by atoms with Crippen LogP contribution in [0.3, 0.4) is 0 Å². The third-order valence-electron chi connectivity index (χ3n) is 4.23. The van der Waals surface area contributed by atoms with Gasteiger partial charge in [-0.3, -0.25) is 4.79 Å². The predicted octanol–water partition coefficient (Wildman–Crippen LogP) is 4.78. The molecule has 0 aliphatic carbocycles. The van der Waals surface area contributed by atoms with Crippen molar-refractivity contribution in [1.29, 1.82) is 0 Å². The van der Waals surface area contributed by atoms with Crippen molar-refractivity contribution in [2.24, 2.45) is 0 Å². The van der Waals surface area contributed by atoms with Gasteiger partial charge < -0.3 is 5.32 Å². The van der Waals surface area contributed by atoms with Crippen molar-refractivity contribution in [1.82, 2.24) is 19.6 Å². The number of nitrogens with one attached hydrogen (secondary N) is 1. The van der Waals surface area contributed by atoms with Crippen LogP contribution in [-0.4, -0.2) is 31.7 Å². The van der Waals surface area contributed by atoms with Gasteiger partial charge in [-0.05, 0) is 24.5 Å². The summed E-state index contributed by atoms with van der Waals surface area (Å²) in [5.41, 5.74) is 0.0289. The number of thioether (sulfide) groups is 1. The highest BCUT2D eigenvalue weighted by Crippen LogP contribution is 2.32. The van der Waals surface area contributed by atoms with Crippen molar-refractivity contribution in [3.63, 3.8) is 0 Å². The van der Waals surface area contributed by atoms with Gasteiger partial charge in [-0.15, -0.1) is 16.9 Å². The lowest BCUT2D eigenvalue weighted by Gasteiger charge is -2.10. The molecule has 0 spiro atoms. The Kier molecular flexibility index (Phi) is 5.17. The van der Waals surface area contributed by atoms with Crippen LogP contribution in [0.2, 0.25) is 0 Å². The summed E-state index contributed by atoms with van der Waals surface area (Å²) < 4.78 is 41.5. The summed E-state index contributed by atoms with van der Waals surface area (Å²) in [4.78, 5) is 21.5. The Hall–Kier alpha value is -3.40. The molecule has 0 atom stereocenters. The van der Waals surface area contributed by atoms with Gasteiger partial charge in [0.25, 0.3) is 11.7 Å². The molecule has 6 nitrogen and oxygen atoms in total. The SMILES string of the molecule is CSc1ccccc1NC(=O)c1nc2nc(-c3ccccc3)cc(C(F)(F)F)n2n1. The summed E-state index contributed by atoms with van der Waals surface area (Å²) >= 11 is 1.42. The van der Waals surface area contributed by atoms with E-state index < -0.39 is 23.6 Å². The van der Waals surface area contributed by atoms with E-state index in [2.05, 4.69) is 20.4 Å². The number of benzene rings is 2. The average molecular weight is 429 g/mol. The lowest BCUT2D eigenvalue weighted by molar-refractivity contribution is -0.142. The summed E-state index contributed by atoms with van der Waals surface area (Å²) in [7, 11) is 0. The number of fused-ring (bicyclic) bond motifs is 1. The van der Waals surface area contributed by atoms with Crippen LogP contribution < -0.4 is 5.32 Å². The van der Waals surface area contributed by atoms with E-state index in [-0.39, 0.29) is 11.5 Å². The Labute approximate surface area is 173 Å². The second-order valence-corrected chi connectivity index (χ2v) is 7.04. The highest BCUT2D eigenvalue weighted by Gasteiger charge is 2.36. The minimum atomic E-state index is -4.71. The van der Waals surface area contributed by atoms with E-state index in [0.29, 0.717) is 15.8 Å². The Balaban J connectivity index is 1.78. The number of nitrogens with zero attached hydrogens (tertiary/aromatic N) is 4. The summed E-state index contributed by atoms with van der Waals surface area (Å²) in [5, 5.41) is 6.41. The van der Waals surface area contributed by atoms with E-state index in [9.17, 15) is 18.0 Å². The predicted molar refractivity (Wildman–Crippen MR) is 107 cm³/mol. The first kappa shape index (κ1) is 19.9. The quantitative estimate of drug-likeness (QED) is 0.473. The van der Waals surface area contributed by atoms with Crippen molar-refractivity contribution in [3.8, 4) is 11.3 Å². The normalized spacial score (nSPS) is 11.6. The highest BCUT2D eigenvalue weighted by atomic mass is 32.2. The van der Waals surface area contributed by atoms with Gasteiger partial charge >= 0.3 is 6.18 Å². The van der Waals surface area contributed by atoms with E-state index in [4.69, 9.17) is 0 Å². The van der Waals surface area contributed by atoms with E-state index >= 15 is 0 Å². The molecule has 0 bridgehead atoms. The van der Waals surface area contributed by atoms with Gasteiger partial charge in [0.05, 0.1) is 11.4 Å². The molecule has 2 aromatic heterocycles. The molecule has 0 aliphatic rings. The number of amides is 1. The molecule has 2 aromatic carbocycles. The van der Waals surface area contributed by atoms with Crippen LogP contribution in [0.5, 0.6) is 0 Å². The molecule has 0 unspecified atom stereocenters. The number of para-hydroxylation sites is 1. The van der Waals surface area contributed by atoms with E-state index in [0.717, 1.165) is 11.0 Å². The molecule has 10 heteroatoms. The minimum Gasteiger partial charge on any atom is -0.318 e. The maximum Gasteiger partial charge on any atom is 0.433 e. The third kappa shape index (κ3) is 3.86. The van der Waals surface area contributed by atoms with Gasteiger partial charge in [0, 0.05) is 10.5 Å². The van der Waals surface area contributed by atoms with Crippen LogP contribution in [0, 0.1) is 0 Å². The number of halogens is 3.